The van der Waals surface area contributed by atoms with Gasteiger partial charge in [0.1, 0.15) is 0 Å². The van der Waals surface area contributed by atoms with Crippen LogP contribution in [0.15, 0.2) is 121 Å². The molecule has 180 valence electrons. The molecule has 4 nitrogen and oxygen atoms in total. The third-order valence-corrected chi connectivity index (χ3v) is 10.0. The minimum absolute atomic E-state index is 1.06. The summed E-state index contributed by atoms with van der Waals surface area (Å²) >= 11 is -6.58. The van der Waals surface area contributed by atoms with E-state index in [4.69, 9.17) is 12.3 Å². The van der Waals surface area contributed by atoms with Crippen LogP contribution in [0.2, 0.25) is 0 Å². The molecule has 0 unspecified atom stereocenters. The molecule has 0 fully saturated rings. The molecule has 0 radical (unpaired) electrons. The maximum atomic E-state index is 8.89. The zero-order valence-corrected chi connectivity index (χ0v) is 24.7. The van der Waals surface area contributed by atoms with E-state index in [9.17, 15) is 0 Å². The van der Waals surface area contributed by atoms with E-state index in [-0.39, 0.29) is 0 Å². The summed E-state index contributed by atoms with van der Waals surface area (Å²) in [5.41, 5.74) is 1.40. The third kappa shape index (κ3) is 9.30. The Morgan fingerprint density at radius 1 is 0.471 bits per heavy atom. The normalized spacial score (nSPS) is 11.1. The summed E-state index contributed by atoms with van der Waals surface area (Å²) in [6.45, 7) is 0. The average molecular weight is 743 g/mol. The van der Waals surface area contributed by atoms with E-state index < -0.39 is 44.6 Å². The summed E-state index contributed by atoms with van der Waals surface area (Å²) in [4.78, 5) is 0. The fraction of sp³-hybridized carbons (Fsp3) is 0.0400. The molecule has 4 rings (SSSR count). The van der Waals surface area contributed by atoms with Crippen molar-refractivity contribution in [1.82, 2.24) is 0 Å². The van der Waals surface area contributed by atoms with Gasteiger partial charge in [-0.15, -0.1) is 0 Å². The molecule has 4 aromatic carbocycles. The maximum absolute atomic E-state index is 8.89. The van der Waals surface area contributed by atoms with Crippen LogP contribution in [0.25, 0.3) is 0 Å². The van der Waals surface area contributed by atoms with E-state index in [2.05, 4.69) is 139 Å². The van der Waals surface area contributed by atoms with Gasteiger partial charge in [0.15, 0.2) is 0 Å². The molecule has 34 heavy (non-hydrogen) atoms. The van der Waals surface area contributed by atoms with Gasteiger partial charge < -0.3 is 0 Å². The number of rotatable bonds is 5. The van der Waals surface area contributed by atoms with Crippen LogP contribution in [0.5, 0.6) is 0 Å². The Labute approximate surface area is 221 Å². The first-order valence-electron chi connectivity index (χ1n) is 10.0. The first-order valence-corrected chi connectivity index (χ1v) is 21.2. The predicted octanol–water partition coefficient (Wildman–Crippen LogP) is 7.59. The van der Waals surface area contributed by atoms with Gasteiger partial charge in [0.2, 0.25) is 0 Å². The molecule has 0 bridgehead atoms. The first-order chi connectivity index (χ1) is 16.4. The van der Waals surface area contributed by atoms with Gasteiger partial charge in [-0.1, -0.05) is 0 Å². The van der Waals surface area contributed by atoms with Crippen molar-refractivity contribution in [3.8, 4) is 0 Å². The number of benzene rings is 4. The van der Waals surface area contributed by atoms with Crippen molar-refractivity contribution < 1.29 is 12.3 Å². The van der Waals surface area contributed by atoms with E-state index in [0.29, 0.717) is 0 Å². The summed E-state index contributed by atoms with van der Waals surface area (Å²) in [7, 11) is 6.48. The molecular weight excluding hydrogens is 720 g/mol. The van der Waals surface area contributed by atoms with E-state index in [0.717, 1.165) is 6.16 Å². The third-order valence-electron chi connectivity index (χ3n) is 5.11. The summed E-state index contributed by atoms with van der Waals surface area (Å²) < 4.78 is 35.6. The molecule has 0 saturated carbocycles. The Morgan fingerprint density at radius 2 is 0.706 bits per heavy atom. The summed E-state index contributed by atoms with van der Waals surface area (Å²) in [5.74, 6) is 0. The fourth-order valence-corrected chi connectivity index (χ4v) is 8.62. The Morgan fingerprint density at radius 3 is 0.971 bits per heavy atom. The first kappa shape index (κ1) is 28.8. The predicted molar refractivity (Wildman–Crippen MR) is 159 cm³/mol. The van der Waals surface area contributed by atoms with Crippen LogP contribution in [-0.2, 0) is 18.4 Å². The van der Waals surface area contributed by atoms with Gasteiger partial charge in [-0.3, -0.25) is 0 Å². The Hall–Kier alpha value is -1.45. The molecule has 0 amide bonds. The zero-order valence-electron chi connectivity index (χ0n) is 17.9. The molecule has 0 spiro atoms. The minimum atomic E-state index is -3.29. The van der Waals surface area contributed by atoms with E-state index in [1.807, 2.05) is 0 Å². The van der Waals surface area contributed by atoms with Crippen molar-refractivity contribution in [2.45, 2.75) is 6.16 Å². The van der Waals surface area contributed by atoms with Crippen molar-refractivity contribution in [2.24, 2.45) is 0 Å². The van der Waals surface area contributed by atoms with E-state index in [1.165, 1.54) is 21.5 Å². The number of hydrogen-bond donors (Lipinski definition) is 0. The van der Waals surface area contributed by atoms with Gasteiger partial charge in [0.05, 0.1) is 0 Å². The van der Waals surface area contributed by atoms with Gasteiger partial charge in [-0.05, 0) is 0 Å². The second kappa shape index (κ2) is 15.5. The van der Waals surface area contributed by atoms with Crippen molar-refractivity contribution in [1.29, 1.82) is 0 Å². The van der Waals surface area contributed by atoms with Gasteiger partial charge in [-0.2, -0.15) is 0 Å². The van der Waals surface area contributed by atoms with Crippen LogP contribution >= 0.6 is 62.4 Å². The zero-order chi connectivity index (χ0) is 24.8. The molecule has 0 N–H and O–H groups in total. The molecule has 0 aliphatic heterocycles. The fourth-order valence-electron chi connectivity index (χ4n) is 3.88. The average Bonchev–Trinajstić information content (AvgIpc) is 2.84. The summed E-state index contributed by atoms with van der Waals surface area (Å²) in [6, 6.07) is 44.2. The van der Waals surface area contributed by atoms with Crippen LogP contribution < -0.4 is 15.9 Å². The quantitative estimate of drug-likeness (QED) is 0.156. The van der Waals surface area contributed by atoms with Gasteiger partial charge >= 0.3 is 194 Å². The van der Waals surface area contributed by atoms with E-state index >= 15 is 0 Å². The van der Waals surface area contributed by atoms with Crippen molar-refractivity contribution in [3.63, 3.8) is 0 Å². The molecule has 0 aromatic heterocycles. The molecular formula is C25H23Cl2I2O4P. The Kier molecular flexibility index (Phi) is 13.1. The van der Waals surface area contributed by atoms with Gasteiger partial charge in [-0.25, -0.2) is 12.3 Å². The van der Waals surface area contributed by atoms with Crippen LogP contribution in [0.3, 0.4) is 0 Å². The van der Waals surface area contributed by atoms with Crippen molar-refractivity contribution in [3.05, 3.63) is 127 Å². The molecule has 0 atom stereocenters. The van der Waals surface area contributed by atoms with Crippen molar-refractivity contribution in [2.75, 3.05) is 0 Å². The molecule has 0 aliphatic carbocycles. The van der Waals surface area contributed by atoms with E-state index in [1.54, 1.807) is 0 Å². The number of hydrogen-bond acceptors (Lipinski definition) is 4. The molecule has 9 heteroatoms. The molecule has 0 saturated heterocycles. The molecule has 0 heterocycles. The second-order valence-electron chi connectivity index (χ2n) is 7.03. The molecule has 4 aromatic rings. The Balaban J connectivity index is 0.000000446. The summed E-state index contributed by atoms with van der Waals surface area (Å²) in [6.07, 6.45) is 1.06. The van der Waals surface area contributed by atoms with Crippen LogP contribution in [0.4, 0.5) is 0 Å². The van der Waals surface area contributed by atoms with Crippen LogP contribution in [0, 0.1) is 0 Å². The topological polar surface area (TPSA) is 68.3 Å². The SMILES string of the molecule is O=I(=O)Cl.O=I(=O)Cl.c1ccc(C[PH](c2ccccc2)(c2ccccc2)c2ccccc2)cc1. The van der Waals surface area contributed by atoms with Crippen LogP contribution in [0.1, 0.15) is 5.56 Å². The van der Waals surface area contributed by atoms with Gasteiger partial charge in [0.25, 0.3) is 0 Å². The summed E-state index contributed by atoms with van der Waals surface area (Å²) in [5, 5.41) is 4.38. The number of halogens is 4. The Bertz CT molecular complexity index is 1140. The van der Waals surface area contributed by atoms with Crippen molar-refractivity contribution >= 4 is 78.3 Å². The molecule has 0 aliphatic rings. The second-order valence-corrected chi connectivity index (χ2v) is 16.1. The monoisotopic (exact) mass is 742 g/mol. The standard InChI is InChI=1S/C25H23P.2ClIO2/c1-5-13-22(14-6-1)21-26(23-15-7-2-8-16-23,24-17-9-3-10-18-24)25-19-11-4-12-20-25;2*1-2(3)4/h1-20,26H,21H2;;. The van der Waals surface area contributed by atoms with Crippen LogP contribution in [-0.4, -0.2) is 0 Å². The van der Waals surface area contributed by atoms with Gasteiger partial charge in [0, 0.05) is 17.8 Å².